The first-order valence-corrected chi connectivity index (χ1v) is 34.5. The van der Waals surface area contributed by atoms with Crippen LogP contribution in [0.5, 0.6) is 0 Å². The van der Waals surface area contributed by atoms with Crippen molar-refractivity contribution < 1.29 is 90.5 Å². The molecule has 13 rings (SSSR count). The lowest BCUT2D eigenvalue weighted by molar-refractivity contribution is -0.231. The van der Waals surface area contributed by atoms with Crippen LogP contribution in [0, 0.1) is 0 Å². The number of carbonyl (C=O) groups excluding carboxylic acids is 2. The van der Waals surface area contributed by atoms with Gasteiger partial charge in [0.05, 0.1) is 83.8 Å². The Morgan fingerprint density at radius 1 is 0.265 bits per heavy atom. The fourth-order valence-corrected chi connectivity index (χ4v) is 12.7. The third-order valence-corrected chi connectivity index (χ3v) is 17.9. The van der Waals surface area contributed by atoms with Gasteiger partial charge in [-0.15, -0.1) is 0 Å². The number of rotatable bonds is 35. The highest BCUT2D eigenvalue weighted by Crippen LogP contribution is 2.39. The predicted octanol–water partition coefficient (Wildman–Crippen LogP) is 12.1. The molecule has 19 nitrogen and oxygen atoms in total. The van der Waals surface area contributed by atoms with Crippen molar-refractivity contribution in [2.24, 2.45) is 0 Å². The molecule has 4 aliphatic heterocycles. The Balaban J connectivity index is 0.853. The van der Waals surface area contributed by atoms with Gasteiger partial charge in [-0.3, -0.25) is 0 Å². The Hall–Kier alpha value is -8.68. The van der Waals surface area contributed by atoms with Gasteiger partial charge in [-0.05, 0) is 63.2 Å². The van der Waals surface area contributed by atoms with Crippen molar-refractivity contribution in [2.75, 3.05) is 26.4 Å². The summed E-state index contributed by atoms with van der Waals surface area (Å²) in [6, 6.07) is 84.9. The highest BCUT2D eigenvalue weighted by molar-refractivity contribution is 5.90. The number of ether oxygens (including phenoxy) is 16. The molecule has 0 unspecified atom stereocenters. The fourth-order valence-electron chi connectivity index (χ4n) is 12.7. The van der Waals surface area contributed by atoms with Crippen LogP contribution in [0.2, 0.25) is 0 Å². The van der Waals surface area contributed by atoms with Gasteiger partial charge in [0.25, 0.3) is 0 Å². The number of carbonyl (C=O) groups is 2. The van der Waals surface area contributed by atoms with Gasteiger partial charge in [-0.1, -0.05) is 249 Å². The van der Waals surface area contributed by atoms with Gasteiger partial charge in [0.15, 0.2) is 37.4 Å². The minimum atomic E-state index is -1.42. The maximum atomic E-state index is 14.6. The van der Waals surface area contributed by atoms with Crippen molar-refractivity contribution >= 4 is 11.9 Å². The molecule has 0 aromatic heterocycles. The molecular formula is C83H84O19. The van der Waals surface area contributed by atoms with Gasteiger partial charge >= 0.3 is 11.9 Å². The van der Waals surface area contributed by atoms with E-state index in [1.807, 2.05) is 224 Å². The van der Waals surface area contributed by atoms with Crippen molar-refractivity contribution in [1.29, 1.82) is 0 Å². The van der Waals surface area contributed by atoms with E-state index in [0.29, 0.717) is 5.56 Å². The maximum absolute atomic E-state index is 14.6. The van der Waals surface area contributed by atoms with Crippen LogP contribution in [0.1, 0.15) is 59.7 Å². The zero-order chi connectivity index (χ0) is 69.5. The molecule has 0 radical (unpaired) electrons. The van der Waals surface area contributed by atoms with Crippen LogP contribution in [0.4, 0.5) is 0 Å². The number of esters is 2. The van der Waals surface area contributed by atoms with Crippen LogP contribution in [0.25, 0.3) is 0 Å². The summed E-state index contributed by atoms with van der Waals surface area (Å²) >= 11 is 0. The van der Waals surface area contributed by atoms with Crippen molar-refractivity contribution in [3.05, 3.63) is 323 Å². The van der Waals surface area contributed by atoms with E-state index in [0.717, 1.165) is 38.9 Å². The van der Waals surface area contributed by atoms with Gasteiger partial charge in [0, 0.05) is 0 Å². The molecule has 0 aliphatic carbocycles. The molecule has 0 spiro atoms. The summed E-state index contributed by atoms with van der Waals surface area (Å²) in [5.74, 6) is -1.30. The Labute approximate surface area is 593 Å². The molecule has 102 heavy (non-hydrogen) atoms. The Morgan fingerprint density at radius 3 is 0.892 bits per heavy atom. The molecule has 0 amide bonds. The largest absolute Gasteiger partial charge is 0.450 e. The number of hydrogen-bond donors (Lipinski definition) is 1. The Morgan fingerprint density at radius 2 is 0.529 bits per heavy atom. The SMILES string of the molecule is O=C(O[C@@H]1[C@@H](OC[C@H]2O[C@H](OC[C@H]3O[C@H](O)[C@@H](OCc4ccccc4)[C@@H]3OCc3ccccc3)[C@@H](OCc3ccccc3)[C@@H]2O[C@H]2O[C@H](COCc3ccccc3)[C@@H](OCc3ccccc3)[C@@H]2OC(=O)c2ccccc2)O[C@H](COCc2ccccc2)[C@H]1OCc1ccccc1)c1ccccc1. The molecule has 4 fully saturated rings. The minimum absolute atomic E-state index is 0.0103. The Bertz CT molecular complexity index is 3900. The smallest absolute Gasteiger partial charge is 0.338 e. The summed E-state index contributed by atoms with van der Waals surface area (Å²) in [7, 11) is 0. The second-order valence-corrected chi connectivity index (χ2v) is 25.2. The van der Waals surface area contributed by atoms with Crippen LogP contribution < -0.4 is 0 Å². The number of hydrogen-bond acceptors (Lipinski definition) is 19. The van der Waals surface area contributed by atoms with Gasteiger partial charge in [0.1, 0.15) is 61.0 Å². The van der Waals surface area contributed by atoms with Gasteiger partial charge < -0.3 is 80.9 Å². The van der Waals surface area contributed by atoms with E-state index in [9.17, 15) is 14.7 Å². The van der Waals surface area contributed by atoms with Crippen LogP contribution in [-0.4, -0.2) is 142 Å². The first kappa shape index (κ1) is 71.7. The lowest BCUT2D eigenvalue weighted by Crippen LogP contribution is -2.47. The first-order chi connectivity index (χ1) is 50.3. The molecule has 4 heterocycles. The highest BCUT2D eigenvalue weighted by atomic mass is 16.8. The van der Waals surface area contributed by atoms with Crippen molar-refractivity contribution in [3.63, 3.8) is 0 Å². The van der Waals surface area contributed by atoms with E-state index in [4.69, 9.17) is 75.8 Å². The van der Waals surface area contributed by atoms with Crippen molar-refractivity contribution in [3.8, 4) is 0 Å². The van der Waals surface area contributed by atoms with Gasteiger partial charge in [-0.2, -0.15) is 0 Å². The van der Waals surface area contributed by atoms with Crippen molar-refractivity contribution in [2.45, 2.75) is 145 Å². The molecule has 4 saturated heterocycles. The monoisotopic (exact) mass is 1380 g/mol. The number of benzene rings is 9. The molecule has 530 valence electrons. The van der Waals surface area contributed by atoms with E-state index < -0.39 is 110 Å². The molecule has 4 aliphatic rings. The molecule has 9 aromatic carbocycles. The predicted molar refractivity (Wildman–Crippen MR) is 372 cm³/mol. The van der Waals surface area contributed by atoms with Gasteiger partial charge in [0.2, 0.25) is 0 Å². The summed E-state index contributed by atoms with van der Waals surface area (Å²) in [6.07, 6.45) is -17.8. The molecular weight excluding hydrogens is 1300 g/mol. The third kappa shape index (κ3) is 19.7. The third-order valence-electron chi connectivity index (χ3n) is 17.9. The Kier molecular flexibility index (Phi) is 26.0. The van der Waals surface area contributed by atoms with E-state index in [-0.39, 0.29) is 78.2 Å². The molecule has 19 heteroatoms. The van der Waals surface area contributed by atoms with E-state index in [2.05, 4.69) is 0 Å². The molecule has 0 bridgehead atoms. The zero-order valence-electron chi connectivity index (χ0n) is 56.3. The summed E-state index contributed by atoms with van der Waals surface area (Å²) in [5.41, 5.74) is 6.75. The maximum Gasteiger partial charge on any atom is 0.338 e. The average molecular weight is 1390 g/mol. The highest BCUT2D eigenvalue weighted by Gasteiger charge is 2.57. The molecule has 1 N–H and O–H groups in total. The summed E-state index contributed by atoms with van der Waals surface area (Å²) in [4.78, 5) is 29.0. The number of aliphatic hydroxyl groups is 1. The lowest BCUT2D eigenvalue weighted by Gasteiger charge is -2.30. The standard InChI is InChI=1S/C83H84O19/c84-78(64-42-24-8-25-43-64)100-76-71(90-49-60-34-16-4-17-35-60)66(53-87-46-57-28-10-1-11-29-57)97-82(76)95-56-69-73(102-83-77(101-79(85)65-44-26-9-27-45-65)72(91-50-61-36-18-5-19-37-61)67(99-83)54-88-47-58-30-12-2-13-31-58)75(93-52-63-40-22-7-23-41-63)81(98-69)94-55-68-70(89-48-59-32-14-3-15-33-59)74(80(86)96-68)92-51-62-38-20-6-21-39-62/h1-45,66-77,80-83,86H,46-56H2/t66-,67-,68-,69-,70-,71-,72-,73-,74+,75+,76+,77+,80+,81+,82+,83-/m1/s1. The molecule has 0 saturated carbocycles. The number of aliphatic hydroxyl groups excluding tert-OH is 1. The molecule has 16 atom stereocenters. The topological polar surface area (TPSA) is 202 Å². The average Bonchev–Trinajstić information content (AvgIpc) is 1.63. The van der Waals surface area contributed by atoms with Crippen molar-refractivity contribution in [1.82, 2.24) is 0 Å². The summed E-state index contributed by atoms with van der Waals surface area (Å²) < 4.78 is 108. The summed E-state index contributed by atoms with van der Waals surface area (Å²) in [5, 5.41) is 11.8. The second kappa shape index (κ2) is 37.0. The van der Waals surface area contributed by atoms with Gasteiger partial charge in [-0.25, -0.2) is 9.59 Å². The van der Waals surface area contributed by atoms with Crippen LogP contribution in [0.15, 0.2) is 273 Å². The first-order valence-electron chi connectivity index (χ1n) is 34.5. The lowest BCUT2D eigenvalue weighted by atomic mass is 10.1. The quantitative estimate of drug-likeness (QED) is 0.0367. The fraction of sp³-hybridized carbons (Fsp3) is 0.325. The minimum Gasteiger partial charge on any atom is -0.450 e. The van der Waals surface area contributed by atoms with E-state index in [1.165, 1.54) is 0 Å². The normalized spacial score (nSPS) is 26.0. The molecule has 9 aromatic rings. The second-order valence-electron chi connectivity index (χ2n) is 25.2. The zero-order valence-corrected chi connectivity index (χ0v) is 56.3. The van der Waals surface area contributed by atoms with E-state index in [1.54, 1.807) is 48.5 Å². The van der Waals surface area contributed by atoms with Crippen LogP contribution in [-0.2, 0) is 122 Å². The van der Waals surface area contributed by atoms with E-state index >= 15 is 0 Å². The summed E-state index contributed by atoms with van der Waals surface area (Å²) in [6.45, 7) is 0.526. The van der Waals surface area contributed by atoms with Crippen LogP contribution >= 0.6 is 0 Å². The van der Waals surface area contributed by atoms with Crippen LogP contribution in [0.3, 0.4) is 0 Å².